The van der Waals surface area contributed by atoms with Gasteiger partial charge in [-0.15, -0.1) is 11.3 Å². The van der Waals surface area contributed by atoms with E-state index in [0.717, 1.165) is 23.5 Å². The molecule has 7 nitrogen and oxygen atoms in total. The van der Waals surface area contributed by atoms with E-state index in [1.54, 1.807) is 18.2 Å². The van der Waals surface area contributed by atoms with E-state index >= 15 is 0 Å². The van der Waals surface area contributed by atoms with E-state index in [1.165, 1.54) is 19.9 Å². The number of rotatable bonds is 8. The van der Waals surface area contributed by atoms with Crippen LogP contribution in [-0.4, -0.2) is 34.3 Å². The van der Waals surface area contributed by atoms with E-state index in [9.17, 15) is 18.7 Å². The maximum Gasteiger partial charge on any atom is 0.251 e. The second-order valence-electron chi connectivity index (χ2n) is 7.15. The number of hydrogen-bond acceptors (Lipinski definition) is 7. The molecule has 0 unspecified atom stereocenters. The van der Waals surface area contributed by atoms with Gasteiger partial charge < -0.3 is 26.0 Å². The van der Waals surface area contributed by atoms with Crippen molar-refractivity contribution in [2.24, 2.45) is 5.73 Å². The minimum atomic E-state index is -1.42. The molecule has 10 heteroatoms. The number of ether oxygens (including phenoxy) is 1. The van der Waals surface area contributed by atoms with E-state index < -0.39 is 23.1 Å². The molecule has 0 fully saturated rings. The van der Waals surface area contributed by atoms with E-state index in [4.69, 9.17) is 15.6 Å². The van der Waals surface area contributed by atoms with Crippen LogP contribution in [0.25, 0.3) is 10.4 Å². The molecule has 0 radical (unpaired) electrons. The number of nitrogens with zero attached hydrogens (tertiary/aromatic N) is 1. The molecule has 0 spiro atoms. The van der Waals surface area contributed by atoms with Crippen LogP contribution >= 0.6 is 11.3 Å². The van der Waals surface area contributed by atoms with E-state index in [-0.39, 0.29) is 45.7 Å². The Kier molecular flexibility index (Phi) is 6.54. The highest BCUT2D eigenvalue weighted by Gasteiger charge is 2.24. The molecule has 0 aliphatic carbocycles. The standard InChI is InChI=1S/C21H21F2N3O4S/c1-21(2,29)11-8-13(22)18(14(23)9-11)15-10-12(19(24)28)20(31-15)26-16-4-3-5-17(25-16)30-7-6-27/h3-5,8-10,27,29H,6-7H2,1-2H3,(H2,24,28)(H,25,26). The molecular weight excluding hydrogens is 428 g/mol. The summed E-state index contributed by atoms with van der Waals surface area (Å²) in [5.41, 5.74) is 3.81. The Morgan fingerprint density at radius 2 is 1.94 bits per heavy atom. The largest absolute Gasteiger partial charge is 0.475 e. The van der Waals surface area contributed by atoms with Crippen molar-refractivity contribution in [3.8, 4) is 16.3 Å². The minimum absolute atomic E-state index is 0.0360. The fourth-order valence-electron chi connectivity index (χ4n) is 2.78. The number of nitrogens with one attached hydrogen (secondary N) is 1. The van der Waals surface area contributed by atoms with E-state index in [0.29, 0.717) is 5.82 Å². The van der Waals surface area contributed by atoms with Gasteiger partial charge in [-0.3, -0.25) is 4.79 Å². The predicted octanol–water partition coefficient (Wildman–Crippen LogP) is 3.53. The molecule has 0 atom stereocenters. The van der Waals surface area contributed by atoms with E-state index in [2.05, 4.69) is 10.3 Å². The van der Waals surface area contributed by atoms with Gasteiger partial charge >= 0.3 is 0 Å². The number of aliphatic hydroxyl groups is 2. The smallest absolute Gasteiger partial charge is 0.251 e. The highest BCUT2D eigenvalue weighted by Crippen LogP contribution is 2.40. The number of aliphatic hydroxyl groups excluding tert-OH is 1. The number of amides is 1. The molecule has 1 amide bonds. The number of carbonyl (C=O) groups is 1. The first-order valence-corrected chi connectivity index (χ1v) is 10.1. The molecule has 31 heavy (non-hydrogen) atoms. The second-order valence-corrected chi connectivity index (χ2v) is 8.20. The van der Waals surface area contributed by atoms with Gasteiger partial charge in [-0.1, -0.05) is 6.07 Å². The van der Waals surface area contributed by atoms with Gasteiger partial charge in [-0.25, -0.2) is 8.78 Å². The van der Waals surface area contributed by atoms with Crippen LogP contribution in [0.1, 0.15) is 29.8 Å². The third kappa shape index (κ3) is 5.16. The Bertz CT molecular complexity index is 1090. The van der Waals surface area contributed by atoms with Crippen LogP contribution in [-0.2, 0) is 5.60 Å². The van der Waals surface area contributed by atoms with Crippen LogP contribution in [0, 0.1) is 11.6 Å². The zero-order valence-corrected chi connectivity index (χ0v) is 17.6. The van der Waals surface area contributed by atoms with Gasteiger partial charge in [0.05, 0.1) is 23.3 Å². The number of benzene rings is 1. The average molecular weight is 449 g/mol. The Morgan fingerprint density at radius 1 is 1.26 bits per heavy atom. The zero-order valence-electron chi connectivity index (χ0n) is 16.8. The molecule has 2 aromatic heterocycles. The van der Waals surface area contributed by atoms with Crippen molar-refractivity contribution in [3.63, 3.8) is 0 Å². The highest BCUT2D eigenvalue weighted by atomic mass is 32.1. The molecule has 5 N–H and O–H groups in total. The summed E-state index contributed by atoms with van der Waals surface area (Å²) >= 11 is 0.926. The zero-order chi connectivity index (χ0) is 22.8. The molecule has 3 aromatic rings. The highest BCUT2D eigenvalue weighted by molar-refractivity contribution is 7.20. The topological polar surface area (TPSA) is 118 Å². The van der Waals surface area contributed by atoms with Crippen LogP contribution in [0.2, 0.25) is 0 Å². The van der Waals surface area contributed by atoms with Crippen LogP contribution in [0.3, 0.4) is 0 Å². The fourth-order valence-corrected chi connectivity index (χ4v) is 3.90. The molecule has 2 heterocycles. The summed E-state index contributed by atoms with van der Waals surface area (Å²) in [7, 11) is 0. The second kappa shape index (κ2) is 8.96. The number of aromatic nitrogens is 1. The third-order valence-electron chi connectivity index (χ3n) is 4.30. The van der Waals surface area contributed by atoms with Gasteiger partial charge in [0.15, 0.2) is 0 Å². The van der Waals surface area contributed by atoms with E-state index in [1.807, 2.05) is 0 Å². The molecule has 0 bridgehead atoms. The summed E-state index contributed by atoms with van der Waals surface area (Å²) in [6.07, 6.45) is 0. The normalized spacial score (nSPS) is 11.4. The van der Waals surface area contributed by atoms with Gasteiger partial charge in [0.25, 0.3) is 5.91 Å². The molecule has 0 saturated carbocycles. The van der Waals surface area contributed by atoms with Gasteiger partial charge in [-0.05, 0) is 43.7 Å². The predicted molar refractivity (Wildman–Crippen MR) is 114 cm³/mol. The summed E-state index contributed by atoms with van der Waals surface area (Å²) in [6.45, 7) is 2.73. The Morgan fingerprint density at radius 3 is 2.52 bits per heavy atom. The first kappa shape index (κ1) is 22.6. The Balaban J connectivity index is 2.00. The number of primary amides is 1. The van der Waals surface area contributed by atoms with Crippen molar-refractivity contribution in [2.45, 2.75) is 19.4 Å². The number of nitrogens with two attached hydrogens (primary N) is 1. The molecule has 3 rings (SSSR count). The Labute approximate surface area is 181 Å². The maximum atomic E-state index is 14.7. The van der Waals surface area contributed by atoms with Crippen molar-refractivity contribution in [1.82, 2.24) is 4.98 Å². The van der Waals surface area contributed by atoms with Crippen LogP contribution in [0.5, 0.6) is 5.88 Å². The SMILES string of the molecule is CC(C)(O)c1cc(F)c(-c2cc(C(N)=O)c(Nc3cccc(OCCO)n3)s2)c(F)c1. The lowest BCUT2D eigenvalue weighted by atomic mass is 9.96. The summed E-state index contributed by atoms with van der Waals surface area (Å²) in [6, 6.07) is 8.25. The van der Waals surface area contributed by atoms with Crippen molar-refractivity contribution >= 4 is 28.1 Å². The van der Waals surface area contributed by atoms with Gasteiger partial charge in [0.2, 0.25) is 5.88 Å². The first-order chi connectivity index (χ1) is 14.6. The Hall–Kier alpha value is -3.08. The van der Waals surface area contributed by atoms with Gasteiger partial charge in [0, 0.05) is 10.9 Å². The van der Waals surface area contributed by atoms with Crippen molar-refractivity contribution in [1.29, 1.82) is 0 Å². The first-order valence-electron chi connectivity index (χ1n) is 9.23. The number of hydrogen-bond donors (Lipinski definition) is 4. The average Bonchev–Trinajstić information content (AvgIpc) is 3.09. The maximum absolute atomic E-state index is 14.7. The quantitative estimate of drug-likeness (QED) is 0.418. The molecule has 0 saturated heterocycles. The van der Waals surface area contributed by atoms with Crippen LogP contribution in [0.4, 0.5) is 19.6 Å². The number of carbonyl (C=O) groups excluding carboxylic acids is 1. The lowest BCUT2D eigenvalue weighted by Crippen LogP contribution is -2.16. The van der Waals surface area contributed by atoms with Gasteiger partial charge in [-0.2, -0.15) is 4.98 Å². The molecule has 0 aliphatic rings. The molecule has 1 aromatic carbocycles. The number of thiophene rings is 1. The number of anilines is 2. The van der Waals surface area contributed by atoms with Gasteiger partial charge in [0.1, 0.15) is 29.1 Å². The van der Waals surface area contributed by atoms with Crippen molar-refractivity contribution in [2.75, 3.05) is 18.5 Å². The van der Waals surface area contributed by atoms with Crippen LogP contribution in [0.15, 0.2) is 36.4 Å². The molecule has 164 valence electrons. The van der Waals surface area contributed by atoms with Crippen molar-refractivity contribution < 1.29 is 28.5 Å². The summed E-state index contributed by atoms with van der Waals surface area (Å²) < 4.78 is 34.7. The summed E-state index contributed by atoms with van der Waals surface area (Å²) in [4.78, 5) is 16.3. The summed E-state index contributed by atoms with van der Waals surface area (Å²) in [5, 5.41) is 22.0. The lowest BCUT2D eigenvalue weighted by molar-refractivity contribution is 0.0778. The fraction of sp³-hybridized carbons (Fsp3) is 0.238. The van der Waals surface area contributed by atoms with Crippen molar-refractivity contribution in [3.05, 3.63) is 59.2 Å². The molecular formula is C21H21F2N3O4S. The lowest BCUT2D eigenvalue weighted by Gasteiger charge is -2.18. The number of pyridine rings is 1. The minimum Gasteiger partial charge on any atom is -0.475 e. The third-order valence-corrected chi connectivity index (χ3v) is 5.37. The number of halogens is 2. The van der Waals surface area contributed by atoms with Crippen LogP contribution < -0.4 is 15.8 Å². The summed E-state index contributed by atoms with van der Waals surface area (Å²) in [5.74, 6) is -1.98. The monoisotopic (exact) mass is 449 g/mol. The molecule has 0 aliphatic heterocycles.